The molecule has 4 heteroatoms. The molecule has 0 atom stereocenters. The van der Waals surface area contributed by atoms with E-state index in [-0.39, 0.29) is 0 Å². The van der Waals surface area contributed by atoms with Crippen molar-refractivity contribution in [1.29, 1.82) is 0 Å². The Morgan fingerprint density at radius 3 is 2.72 bits per heavy atom. The molecule has 1 heterocycles. The van der Waals surface area contributed by atoms with Crippen LogP contribution >= 0.6 is 22.9 Å². The molecule has 0 amide bonds. The van der Waals surface area contributed by atoms with Crippen LogP contribution in [0.4, 0.5) is 0 Å². The number of hydrogen-bond acceptors (Lipinski definition) is 3. The minimum Gasteiger partial charge on any atom is -0.487 e. The molecular formula is C14H13ClO2S. The molecule has 0 spiro atoms. The fourth-order valence-electron chi connectivity index (χ4n) is 1.58. The summed E-state index contributed by atoms with van der Waals surface area (Å²) in [6, 6.07) is 9.21. The number of benzene rings is 1. The molecule has 2 nitrogen and oxygen atoms in total. The van der Waals surface area contributed by atoms with Crippen LogP contribution in [0.15, 0.2) is 30.3 Å². The maximum absolute atomic E-state index is 10.9. The number of thiophene rings is 1. The number of rotatable bonds is 5. The highest BCUT2D eigenvalue weighted by atomic mass is 35.5. The van der Waals surface area contributed by atoms with E-state index in [9.17, 15) is 4.79 Å². The van der Waals surface area contributed by atoms with Crippen molar-refractivity contribution in [3.05, 3.63) is 50.7 Å². The summed E-state index contributed by atoms with van der Waals surface area (Å²) in [6.07, 6.45) is 1.79. The normalized spacial score (nSPS) is 10.3. The van der Waals surface area contributed by atoms with Crippen molar-refractivity contribution in [3.63, 3.8) is 0 Å². The largest absolute Gasteiger partial charge is 0.487 e. The van der Waals surface area contributed by atoms with Crippen LogP contribution in [-0.4, -0.2) is 6.29 Å². The monoisotopic (exact) mass is 280 g/mol. The van der Waals surface area contributed by atoms with Crippen LogP contribution in [0, 0.1) is 0 Å². The van der Waals surface area contributed by atoms with E-state index in [1.807, 2.05) is 0 Å². The van der Waals surface area contributed by atoms with Crippen molar-refractivity contribution in [1.82, 2.24) is 0 Å². The summed E-state index contributed by atoms with van der Waals surface area (Å²) < 4.78 is 5.65. The number of carbonyl (C=O) groups excluding carboxylic acids is 1. The van der Waals surface area contributed by atoms with Gasteiger partial charge in [0.2, 0.25) is 0 Å². The van der Waals surface area contributed by atoms with Crippen LogP contribution < -0.4 is 4.74 Å². The standard InChI is InChI=1S/C14H13ClO2S/c1-2-12-4-5-13(18-12)9-17-14-6-3-11(15)7-10(14)8-16/h3-8H,2,9H2,1H3. The Morgan fingerprint density at radius 1 is 1.28 bits per heavy atom. The fourth-order valence-corrected chi connectivity index (χ4v) is 2.63. The molecule has 1 aromatic carbocycles. The smallest absolute Gasteiger partial charge is 0.153 e. The van der Waals surface area contributed by atoms with Crippen molar-refractivity contribution in [2.45, 2.75) is 20.0 Å². The maximum atomic E-state index is 10.9. The van der Waals surface area contributed by atoms with E-state index in [2.05, 4.69) is 19.1 Å². The highest BCUT2D eigenvalue weighted by molar-refractivity contribution is 7.11. The predicted octanol–water partition coefficient (Wildman–Crippen LogP) is 4.36. The number of aryl methyl sites for hydroxylation is 1. The third-order valence-electron chi connectivity index (χ3n) is 2.53. The highest BCUT2D eigenvalue weighted by Crippen LogP contribution is 2.24. The van der Waals surface area contributed by atoms with Gasteiger partial charge in [0.1, 0.15) is 12.4 Å². The SMILES string of the molecule is CCc1ccc(COc2ccc(Cl)cc2C=O)s1. The molecule has 2 aromatic rings. The van der Waals surface area contributed by atoms with E-state index >= 15 is 0 Å². The van der Waals surface area contributed by atoms with Crippen molar-refractivity contribution in [2.75, 3.05) is 0 Å². The molecule has 0 radical (unpaired) electrons. The molecule has 0 saturated heterocycles. The van der Waals surface area contributed by atoms with Gasteiger partial charge in [-0.2, -0.15) is 0 Å². The molecule has 94 valence electrons. The first-order valence-corrected chi connectivity index (χ1v) is 6.87. The van der Waals surface area contributed by atoms with Crippen LogP contribution in [0.1, 0.15) is 27.0 Å². The summed E-state index contributed by atoms with van der Waals surface area (Å²) in [4.78, 5) is 13.4. The van der Waals surface area contributed by atoms with Gasteiger partial charge in [0, 0.05) is 14.8 Å². The van der Waals surface area contributed by atoms with Crippen molar-refractivity contribution < 1.29 is 9.53 Å². The van der Waals surface area contributed by atoms with Gasteiger partial charge in [-0.15, -0.1) is 11.3 Å². The van der Waals surface area contributed by atoms with E-state index in [1.165, 1.54) is 4.88 Å². The number of aldehydes is 1. The number of halogens is 1. The first-order chi connectivity index (χ1) is 8.72. The van der Waals surface area contributed by atoms with Crippen LogP contribution in [-0.2, 0) is 13.0 Å². The Balaban J connectivity index is 2.07. The van der Waals surface area contributed by atoms with Gasteiger partial charge in [-0.3, -0.25) is 4.79 Å². The van der Waals surface area contributed by atoms with Crippen LogP contribution in [0.5, 0.6) is 5.75 Å². The second kappa shape index (κ2) is 6.03. The van der Waals surface area contributed by atoms with Crippen LogP contribution in [0.2, 0.25) is 5.02 Å². The molecule has 0 unspecified atom stereocenters. The lowest BCUT2D eigenvalue weighted by Crippen LogP contribution is -1.96. The molecule has 0 fully saturated rings. The summed E-state index contributed by atoms with van der Waals surface area (Å²) in [5, 5.41) is 0.536. The zero-order valence-electron chi connectivity index (χ0n) is 9.98. The minimum absolute atomic E-state index is 0.479. The molecule has 2 rings (SSSR count). The predicted molar refractivity (Wildman–Crippen MR) is 74.9 cm³/mol. The molecule has 0 saturated carbocycles. The molecule has 0 aliphatic carbocycles. The molecule has 0 N–H and O–H groups in total. The molecule has 0 bridgehead atoms. The Hall–Kier alpha value is -1.32. The topological polar surface area (TPSA) is 26.3 Å². The van der Waals surface area contributed by atoms with Crippen LogP contribution in [0.3, 0.4) is 0 Å². The third-order valence-corrected chi connectivity index (χ3v) is 3.97. The Morgan fingerprint density at radius 2 is 2.06 bits per heavy atom. The Kier molecular flexibility index (Phi) is 4.39. The lowest BCUT2D eigenvalue weighted by atomic mass is 10.2. The first kappa shape index (κ1) is 13.1. The average molecular weight is 281 g/mol. The zero-order valence-corrected chi connectivity index (χ0v) is 11.6. The molecule has 0 aliphatic rings. The first-order valence-electron chi connectivity index (χ1n) is 5.68. The van der Waals surface area contributed by atoms with Crippen LogP contribution in [0.25, 0.3) is 0 Å². The maximum Gasteiger partial charge on any atom is 0.153 e. The van der Waals surface area contributed by atoms with Crippen molar-refractivity contribution in [2.24, 2.45) is 0 Å². The van der Waals surface area contributed by atoms with Gasteiger partial charge >= 0.3 is 0 Å². The Bertz CT molecular complexity index is 548. The van der Waals surface area contributed by atoms with Gasteiger partial charge in [-0.1, -0.05) is 18.5 Å². The van der Waals surface area contributed by atoms with E-state index in [0.717, 1.165) is 17.6 Å². The van der Waals surface area contributed by atoms with Gasteiger partial charge in [-0.05, 0) is 36.8 Å². The summed E-state index contributed by atoms with van der Waals surface area (Å²) >= 11 is 7.55. The van der Waals surface area contributed by atoms with Crippen molar-refractivity contribution in [3.8, 4) is 5.75 Å². The number of carbonyl (C=O) groups is 1. The van der Waals surface area contributed by atoms with Gasteiger partial charge in [0.05, 0.1) is 5.56 Å². The second-order valence-corrected chi connectivity index (χ2v) is 5.50. The summed E-state index contributed by atoms with van der Waals surface area (Å²) in [7, 11) is 0. The average Bonchev–Trinajstić information content (AvgIpc) is 2.85. The third kappa shape index (κ3) is 3.12. The van der Waals surface area contributed by atoms with E-state index in [4.69, 9.17) is 16.3 Å². The van der Waals surface area contributed by atoms with Gasteiger partial charge in [0.15, 0.2) is 6.29 Å². The summed E-state index contributed by atoms with van der Waals surface area (Å²) in [5.41, 5.74) is 0.481. The minimum atomic E-state index is 0.479. The quantitative estimate of drug-likeness (QED) is 0.761. The number of hydrogen-bond donors (Lipinski definition) is 0. The lowest BCUT2D eigenvalue weighted by molar-refractivity contribution is 0.111. The van der Waals surface area contributed by atoms with E-state index in [1.54, 1.807) is 29.5 Å². The van der Waals surface area contributed by atoms with Crippen molar-refractivity contribution >= 4 is 29.2 Å². The highest BCUT2D eigenvalue weighted by Gasteiger charge is 2.05. The van der Waals surface area contributed by atoms with Gasteiger partial charge < -0.3 is 4.74 Å². The van der Waals surface area contributed by atoms with Gasteiger partial charge in [-0.25, -0.2) is 0 Å². The molecular weight excluding hydrogens is 268 g/mol. The van der Waals surface area contributed by atoms with E-state index in [0.29, 0.717) is 22.9 Å². The van der Waals surface area contributed by atoms with E-state index < -0.39 is 0 Å². The zero-order chi connectivity index (χ0) is 13.0. The number of ether oxygens (including phenoxy) is 1. The van der Waals surface area contributed by atoms with Gasteiger partial charge in [0.25, 0.3) is 0 Å². The lowest BCUT2D eigenvalue weighted by Gasteiger charge is -2.07. The molecule has 18 heavy (non-hydrogen) atoms. The Labute approximate surface area is 115 Å². The summed E-state index contributed by atoms with van der Waals surface area (Å²) in [5.74, 6) is 0.570. The molecule has 1 aromatic heterocycles. The molecule has 0 aliphatic heterocycles. The fraction of sp³-hybridized carbons (Fsp3) is 0.214. The summed E-state index contributed by atoms with van der Waals surface area (Å²) in [6.45, 7) is 2.60. The second-order valence-electron chi connectivity index (χ2n) is 3.81.